The van der Waals surface area contributed by atoms with E-state index < -0.39 is 0 Å². The van der Waals surface area contributed by atoms with Gasteiger partial charge in [-0.25, -0.2) is 9.97 Å². The van der Waals surface area contributed by atoms with E-state index >= 15 is 0 Å². The smallest absolute Gasteiger partial charge is 0.197 e. The van der Waals surface area contributed by atoms with Gasteiger partial charge in [-0.15, -0.1) is 0 Å². The number of nitrogens with zero attached hydrogens (tertiary/aromatic N) is 2. The molecule has 0 aromatic carbocycles. The SMILES string of the molecule is CCCNc1nc(-c2ccc(CC)o2)nc(CCC)c1Br. The van der Waals surface area contributed by atoms with Gasteiger partial charge in [0, 0.05) is 13.0 Å². The lowest BCUT2D eigenvalue weighted by molar-refractivity contribution is 0.525. The highest BCUT2D eigenvalue weighted by atomic mass is 79.9. The topological polar surface area (TPSA) is 51.0 Å². The summed E-state index contributed by atoms with van der Waals surface area (Å²) in [5, 5.41) is 3.35. The molecule has 0 aliphatic rings. The Morgan fingerprint density at radius 1 is 1.14 bits per heavy atom. The van der Waals surface area contributed by atoms with Crippen molar-refractivity contribution in [3.05, 3.63) is 28.1 Å². The maximum atomic E-state index is 5.78. The Balaban J connectivity index is 2.41. The van der Waals surface area contributed by atoms with Crippen molar-refractivity contribution in [2.24, 2.45) is 0 Å². The van der Waals surface area contributed by atoms with E-state index in [0.717, 1.165) is 59.7 Å². The number of anilines is 1. The van der Waals surface area contributed by atoms with Crippen molar-refractivity contribution in [3.63, 3.8) is 0 Å². The third-order valence-electron chi connectivity index (χ3n) is 3.18. The van der Waals surface area contributed by atoms with Gasteiger partial charge in [-0.05, 0) is 40.9 Å². The molecule has 0 radical (unpaired) electrons. The molecule has 5 heteroatoms. The van der Waals surface area contributed by atoms with Gasteiger partial charge in [-0.1, -0.05) is 27.2 Å². The van der Waals surface area contributed by atoms with Crippen molar-refractivity contribution in [3.8, 4) is 11.6 Å². The molecule has 0 spiro atoms. The number of furan rings is 1. The highest BCUT2D eigenvalue weighted by Gasteiger charge is 2.15. The van der Waals surface area contributed by atoms with Gasteiger partial charge in [0.05, 0.1) is 10.2 Å². The quantitative estimate of drug-likeness (QED) is 0.775. The van der Waals surface area contributed by atoms with Crippen LogP contribution in [0.5, 0.6) is 0 Å². The summed E-state index contributed by atoms with van der Waals surface area (Å²) in [6, 6.07) is 3.93. The standard InChI is InChI=1S/C16H22BrN3O/c1-4-7-12-14(17)16(18-10-5-2)20-15(19-12)13-9-8-11(6-3)21-13/h8-9H,4-7,10H2,1-3H3,(H,18,19,20). The molecule has 114 valence electrons. The highest BCUT2D eigenvalue weighted by molar-refractivity contribution is 9.10. The van der Waals surface area contributed by atoms with Gasteiger partial charge >= 0.3 is 0 Å². The Kier molecular flexibility index (Phi) is 5.79. The van der Waals surface area contributed by atoms with E-state index in [2.05, 4.69) is 52.0 Å². The molecule has 2 heterocycles. The summed E-state index contributed by atoms with van der Waals surface area (Å²) in [5.74, 6) is 3.19. The van der Waals surface area contributed by atoms with Gasteiger partial charge in [0.25, 0.3) is 0 Å². The number of rotatable bonds is 7. The van der Waals surface area contributed by atoms with Crippen molar-refractivity contribution in [1.82, 2.24) is 9.97 Å². The maximum absolute atomic E-state index is 5.78. The normalized spacial score (nSPS) is 10.9. The zero-order valence-electron chi connectivity index (χ0n) is 12.9. The molecular weight excluding hydrogens is 330 g/mol. The first-order valence-corrected chi connectivity index (χ1v) is 8.38. The summed E-state index contributed by atoms with van der Waals surface area (Å²) in [7, 11) is 0. The lowest BCUT2D eigenvalue weighted by Gasteiger charge is -2.11. The first-order chi connectivity index (χ1) is 10.2. The number of aryl methyl sites for hydroxylation is 2. The second-order valence-electron chi connectivity index (χ2n) is 4.95. The van der Waals surface area contributed by atoms with Crippen LogP contribution in [0, 0.1) is 0 Å². The summed E-state index contributed by atoms with van der Waals surface area (Å²) in [6.07, 6.45) is 3.88. The van der Waals surface area contributed by atoms with Crippen LogP contribution in [-0.4, -0.2) is 16.5 Å². The molecular formula is C16H22BrN3O. The maximum Gasteiger partial charge on any atom is 0.197 e. The van der Waals surface area contributed by atoms with Crippen LogP contribution in [0.3, 0.4) is 0 Å². The van der Waals surface area contributed by atoms with Crippen molar-refractivity contribution in [2.45, 2.75) is 46.5 Å². The molecule has 0 amide bonds. The van der Waals surface area contributed by atoms with Crippen LogP contribution in [0.15, 0.2) is 21.0 Å². The zero-order chi connectivity index (χ0) is 15.2. The van der Waals surface area contributed by atoms with E-state index in [1.807, 2.05) is 12.1 Å². The minimum atomic E-state index is 0.653. The average molecular weight is 352 g/mol. The monoisotopic (exact) mass is 351 g/mol. The van der Waals surface area contributed by atoms with Crippen LogP contribution in [-0.2, 0) is 12.8 Å². The van der Waals surface area contributed by atoms with E-state index in [1.54, 1.807) is 0 Å². The van der Waals surface area contributed by atoms with Crippen molar-refractivity contribution in [2.75, 3.05) is 11.9 Å². The van der Waals surface area contributed by atoms with Crippen LogP contribution in [0.2, 0.25) is 0 Å². The second-order valence-corrected chi connectivity index (χ2v) is 5.75. The molecule has 0 aliphatic heterocycles. The molecule has 0 fully saturated rings. The molecule has 0 saturated heterocycles. The van der Waals surface area contributed by atoms with E-state index in [0.29, 0.717) is 5.82 Å². The van der Waals surface area contributed by atoms with Crippen LogP contribution < -0.4 is 5.32 Å². The molecule has 0 saturated carbocycles. The number of aromatic nitrogens is 2. The van der Waals surface area contributed by atoms with Crippen LogP contribution in [0.1, 0.15) is 45.1 Å². The third-order valence-corrected chi connectivity index (χ3v) is 4.01. The van der Waals surface area contributed by atoms with Crippen molar-refractivity contribution >= 4 is 21.7 Å². The third kappa shape index (κ3) is 3.84. The van der Waals surface area contributed by atoms with E-state index in [-0.39, 0.29) is 0 Å². The molecule has 0 aliphatic carbocycles. The highest BCUT2D eigenvalue weighted by Crippen LogP contribution is 2.29. The van der Waals surface area contributed by atoms with E-state index in [4.69, 9.17) is 4.42 Å². The molecule has 4 nitrogen and oxygen atoms in total. The largest absolute Gasteiger partial charge is 0.458 e. The zero-order valence-corrected chi connectivity index (χ0v) is 14.5. The van der Waals surface area contributed by atoms with Gasteiger partial charge in [0.1, 0.15) is 11.6 Å². The van der Waals surface area contributed by atoms with Gasteiger partial charge in [-0.3, -0.25) is 0 Å². The van der Waals surface area contributed by atoms with Crippen molar-refractivity contribution < 1.29 is 4.42 Å². The fourth-order valence-corrected chi connectivity index (χ4v) is 2.57. The molecule has 0 atom stereocenters. The summed E-state index contributed by atoms with van der Waals surface area (Å²) >= 11 is 3.62. The second kappa shape index (κ2) is 7.59. The van der Waals surface area contributed by atoms with Gasteiger partial charge in [-0.2, -0.15) is 0 Å². The molecule has 0 unspecified atom stereocenters. The Morgan fingerprint density at radius 3 is 2.57 bits per heavy atom. The predicted octanol–water partition coefficient (Wildman–Crippen LogP) is 4.84. The lowest BCUT2D eigenvalue weighted by atomic mass is 10.2. The minimum absolute atomic E-state index is 0.653. The first-order valence-electron chi connectivity index (χ1n) is 7.58. The fourth-order valence-electron chi connectivity index (χ4n) is 2.05. The van der Waals surface area contributed by atoms with Gasteiger partial charge in [0.15, 0.2) is 11.6 Å². The van der Waals surface area contributed by atoms with Gasteiger partial charge in [0.2, 0.25) is 0 Å². The van der Waals surface area contributed by atoms with E-state index in [9.17, 15) is 0 Å². The molecule has 2 rings (SSSR count). The molecule has 2 aromatic rings. The number of nitrogens with one attached hydrogen (secondary N) is 1. The molecule has 2 aromatic heterocycles. The summed E-state index contributed by atoms with van der Waals surface area (Å²) < 4.78 is 6.75. The summed E-state index contributed by atoms with van der Waals surface area (Å²) in [5.41, 5.74) is 1.02. The fraction of sp³-hybridized carbons (Fsp3) is 0.500. The average Bonchev–Trinajstić information content (AvgIpc) is 2.97. The molecule has 1 N–H and O–H groups in total. The van der Waals surface area contributed by atoms with E-state index in [1.165, 1.54) is 0 Å². The number of hydrogen-bond donors (Lipinski definition) is 1. The van der Waals surface area contributed by atoms with Crippen molar-refractivity contribution in [1.29, 1.82) is 0 Å². The first kappa shape index (κ1) is 16.0. The van der Waals surface area contributed by atoms with Crippen LogP contribution in [0.25, 0.3) is 11.6 Å². The number of hydrogen-bond acceptors (Lipinski definition) is 4. The minimum Gasteiger partial charge on any atom is -0.458 e. The Labute approximate surface area is 134 Å². The van der Waals surface area contributed by atoms with Crippen LogP contribution in [0.4, 0.5) is 5.82 Å². The Morgan fingerprint density at radius 2 is 1.95 bits per heavy atom. The summed E-state index contributed by atoms with van der Waals surface area (Å²) in [6.45, 7) is 7.24. The summed E-state index contributed by atoms with van der Waals surface area (Å²) in [4.78, 5) is 9.26. The Hall–Kier alpha value is -1.36. The lowest BCUT2D eigenvalue weighted by Crippen LogP contribution is -2.07. The van der Waals surface area contributed by atoms with Gasteiger partial charge < -0.3 is 9.73 Å². The Bertz CT molecular complexity index is 595. The predicted molar refractivity (Wildman–Crippen MR) is 89.6 cm³/mol. The number of halogens is 1. The van der Waals surface area contributed by atoms with Crippen LogP contribution >= 0.6 is 15.9 Å². The molecule has 0 bridgehead atoms. The molecule has 21 heavy (non-hydrogen) atoms.